The van der Waals surface area contributed by atoms with Gasteiger partial charge in [0, 0.05) is 11.4 Å². The summed E-state index contributed by atoms with van der Waals surface area (Å²) in [4.78, 5) is 23.1. The van der Waals surface area contributed by atoms with E-state index in [0.717, 1.165) is 12.1 Å². The number of hydrogen-bond acceptors (Lipinski definition) is 4. The van der Waals surface area contributed by atoms with Crippen molar-refractivity contribution in [1.29, 1.82) is 0 Å². The Kier molecular flexibility index (Phi) is 6.51. The molecule has 10 heteroatoms. The summed E-state index contributed by atoms with van der Waals surface area (Å²) in [7, 11) is 0. The molecule has 0 fully saturated rings. The van der Waals surface area contributed by atoms with Crippen LogP contribution in [0.25, 0.3) is 0 Å². The monoisotopic (exact) mass is 402 g/mol. The third-order valence-corrected chi connectivity index (χ3v) is 3.43. The summed E-state index contributed by atoms with van der Waals surface area (Å²) in [6, 6.07) is 7.97. The molecule has 0 bridgehead atoms. The highest BCUT2D eigenvalue weighted by molar-refractivity contribution is 6.31. The minimum atomic E-state index is -4.64. The van der Waals surface area contributed by atoms with E-state index in [1.54, 1.807) is 6.92 Å². The zero-order valence-corrected chi connectivity index (χ0v) is 14.6. The van der Waals surface area contributed by atoms with Crippen LogP contribution in [0.3, 0.4) is 0 Å². The average Bonchev–Trinajstić information content (AvgIpc) is 2.57. The largest absolute Gasteiger partial charge is 0.513 e. The van der Waals surface area contributed by atoms with Gasteiger partial charge in [-0.15, -0.1) is 0 Å². The molecule has 2 amide bonds. The van der Waals surface area contributed by atoms with Crippen LogP contribution in [0.2, 0.25) is 5.02 Å². The standard InChI is InChI=1S/C17H14ClF3N2O4/c1-2-26-16(25)27-12-6-3-10(4-7-12)22-15(24)23-11-5-8-14(18)13(9-11)17(19,20)21/h3-9H,2H2,1H3,(H2,22,23,24). The van der Waals surface area contributed by atoms with Crippen molar-refractivity contribution >= 4 is 35.2 Å². The summed E-state index contributed by atoms with van der Waals surface area (Å²) in [6.45, 7) is 1.80. The van der Waals surface area contributed by atoms with Gasteiger partial charge in [0.2, 0.25) is 0 Å². The lowest BCUT2D eigenvalue weighted by molar-refractivity contribution is -0.137. The van der Waals surface area contributed by atoms with Crippen LogP contribution in [0.1, 0.15) is 12.5 Å². The van der Waals surface area contributed by atoms with Crippen molar-refractivity contribution in [3.8, 4) is 5.75 Å². The molecule has 0 unspecified atom stereocenters. The number of halogens is 4. The van der Waals surface area contributed by atoms with Crippen molar-refractivity contribution < 1.29 is 32.2 Å². The van der Waals surface area contributed by atoms with Gasteiger partial charge in [0.15, 0.2) is 0 Å². The van der Waals surface area contributed by atoms with Crippen molar-refractivity contribution in [3.05, 3.63) is 53.1 Å². The fourth-order valence-electron chi connectivity index (χ4n) is 1.96. The van der Waals surface area contributed by atoms with Crippen LogP contribution < -0.4 is 15.4 Å². The second-order valence-corrected chi connectivity index (χ2v) is 5.49. The Hall–Kier alpha value is -2.94. The van der Waals surface area contributed by atoms with Gasteiger partial charge < -0.3 is 20.1 Å². The highest BCUT2D eigenvalue weighted by Gasteiger charge is 2.33. The quantitative estimate of drug-likeness (QED) is 0.520. The number of carbonyl (C=O) groups is 2. The van der Waals surface area contributed by atoms with E-state index in [4.69, 9.17) is 16.3 Å². The second-order valence-electron chi connectivity index (χ2n) is 5.08. The molecule has 0 aliphatic rings. The Balaban J connectivity index is 1.99. The minimum absolute atomic E-state index is 0.0773. The summed E-state index contributed by atoms with van der Waals surface area (Å²) < 4.78 is 48.0. The molecule has 0 aromatic heterocycles. The van der Waals surface area contributed by atoms with E-state index < -0.39 is 28.9 Å². The molecule has 0 atom stereocenters. The van der Waals surface area contributed by atoms with E-state index in [2.05, 4.69) is 15.4 Å². The molecule has 2 N–H and O–H groups in total. The SMILES string of the molecule is CCOC(=O)Oc1ccc(NC(=O)Nc2ccc(Cl)c(C(F)(F)F)c2)cc1. The molecule has 2 aromatic carbocycles. The molecular weight excluding hydrogens is 389 g/mol. The number of alkyl halides is 3. The van der Waals surface area contributed by atoms with Crippen LogP contribution in [-0.4, -0.2) is 18.8 Å². The van der Waals surface area contributed by atoms with Crippen molar-refractivity contribution in [1.82, 2.24) is 0 Å². The Morgan fingerprint density at radius 3 is 2.22 bits per heavy atom. The summed E-state index contributed by atoms with van der Waals surface area (Å²) >= 11 is 5.52. The van der Waals surface area contributed by atoms with E-state index in [1.165, 1.54) is 30.3 Å². The fourth-order valence-corrected chi connectivity index (χ4v) is 2.19. The van der Waals surface area contributed by atoms with Crippen LogP contribution in [0, 0.1) is 0 Å². The fraction of sp³-hybridized carbons (Fsp3) is 0.176. The number of nitrogens with one attached hydrogen (secondary N) is 2. The third-order valence-electron chi connectivity index (χ3n) is 3.11. The maximum Gasteiger partial charge on any atom is 0.513 e. The van der Waals surface area contributed by atoms with Crippen LogP contribution in [0.4, 0.5) is 34.1 Å². The van der Waals surface area contributed by atoms with Gasteiger partial charge in [0.1, 0.15) is 5.75 Å². The topological polar surface area (TPSA) is 76.7 Å². The van der Waals surface area contributed by atoms with E-state index in [1.807, 2.05) is 0 Å². The molecule has 0 radical (unpaired) electrons. The number of urea groups is 1. The molecule has 6 nitrogen and oxygen atoms in total. The van der Waals surface area contributed by atoms with Crippen LogP contribution >= 0.6 is 11.6 Å². The summed E-state index contributed by atoms with van der Waals surface area (Å²) in [5, 5.41) is 4.25. The van der Waals surface area contributed by atoms with Gasteiger partial charge in [-0.3, -0.25) is 0 Å². The molecule has 0 saturated heterocycles. The molecule has 0 heterocycles. The summed E-state index contributed by atoms with van der Waals surface area (Å²) in [5.74, 6) is 0.201. The maximum absolute atomic E-state index is 12.8. The predicted octanol–water partition coefficient (Wildman–Crippen LogP) is 5.54. The van der Waals surface area contributed by atoms with Crippen LogP contribution in [0.5, 0.6) is 5.75 Å². The highest BCUT2D eigenvalue weighted by Crippen LogP contribution is 2.36. The highest BCUT2D eigenvalue weighted by atomic mass is 35.5. The lowest BCUT2D eigenvalue weighted by Gasteiger charge is -2.12. The number of amides is 2. The normalized spacial score (nSPS) is 10.9. The molecule has 0 spiro atoms. The number of ether oxygens (including phenoxy) is 2. The molecule has 27 heavy (non-hydrogen) atoms. The van der Waals surface area contributed by atoms with Crippen molar-refractivity contribution in [3.63, 3.8) is 0 Å². The summed E-state index contributed by atoms with van der Waals surface area (Å²) in [5.41, 5.74) is -0.803. The lowest BCUT2D eigenvalue weighted by atomic mass is 10.2. The van der Waals surface area contributed by atoms with E-state index >= 15 is 0 Å². The molecule has 0 aliphatic carbocycles. The first kappa shape index (κ1) is 20.4. The molecule has 0 aliphatic heterocycles. The number of rotatable bonds is 4. The number of anilines is 2. The first-order chi connectivity index (χ1) is 12.7. The smallest absolute Gasteiger partial charge is 0.434 e. The first-order valence-corrected chi connectivity index (χ1v) is 7.96. The van der Waals surface area contributed by atoms with Crippen LogP contribution in [0.15, 0.2) is 42.5 Å². The number of hydrogen-bond donors (Lipinski definition) is 2. The van der Waals surface area contributed by atoms with Gasteiger partial charge in [-0.05, 0) is 49.4 Å². The summed E-state index contributed by atoms with van der Waals surface area (Å²) in [6.07, 6.45) is -5.50. The first-order valence-electron chi connectivity index (χ1n) is 7.58. The Morgan fingerprint density at radius 2 is 1.63 bits per heavy atom. The van der Waals surface area contributed by atoms with Crippen molar-refractivity contribution in [2.45, 2.75) is 13.1 Å². The second kappa shape index (κ2) is 8.63. The number of carbonyl (C=O) groups excluding carboxylic acids is 2. The predicted molar refractivity (Wildman–Crippen MR) is 93.2 cm³/mol. The molecule has 144 valence electrons. The van der Waals surface area contributed by atoms with Gasteiger partial charge in [-0.1, -0.05) is 11.6 Å². The lowest BCUT2D eigenvalue weighted by Crippen LogP contribution is -2.20. The van der Waals surface area contributed by atoms with Gasteiger partial charge in [-0.2, -0.15) is 13.2 Å². The minimum Gasteiger partial charge on any atom is -0.434 e. The average molecular weight is 403 g/mol. The van der Waals surface area contributed by atoms with Crippen LogP contribution in [-0.2, 0) is 10.9 Å². The van der Waals surface area contributed by atoms with E-state index in [-0.39, 0.29) is 18.0 Å². The van der Waals surface area contributed by atoms with Gasteiger partial charge >= 0.3 is 18.4 Å². The number of benzene rings is 2. The molecular formula is C17H14ClF3N2O4. The molecule has 2 rings (SSSR count). The zero-order chi connectivity index (χ0) is 20.0. The third kappa shape index (κ3) is 6.07. The van der Waals surface area contributed by atoms with Gasteiger partial charge in [-0.25, -0.2) is 9.59 Å². The molecule has 0 saturated carbocycles. The zero-order valence-electron chi connectivity index (χ0n) is 13.9. The Labute approximate surface area is 157 Å². The Morgan fingerprint density at radius 1 is 1.04 bits per heavy atom. The van der Waals surface area contributed by atoms with E-state index in [0.29, 0.717) is 5.69 Å². The maximum atomic E-state index is 12.8. The molecule has 2 aromatic rings. The van der Waals surface area contributed by atoms with Crippen molar-refractivity contribution in [2.75, 3.05) is 17.2 Å². The van der Waals surface area contributed by atoms with E-state index in [9.17, 15) is 22.8 Å². The van der Waals surface area contributed by atoms with Gasteiger partial charge in [0.25, 0.3) is 0 Å². The van der Waals surface area contributed by atoms with Crippen molar-refractivity contribution in [2.24, 2.45) is 0 Å². The van der Waals surface area contributed by atoms with Gasteiger partial charge in [0.05, 0.1) is 17.2 Å². The Bertz CT molecular complexity index is 826.